The number of aryl methyl sites for hydroxylation is 1. The van der Waals surface area contributed by atoms with Gasteiger partial charge in [-0.15, -0.1) is 11.3 Å². The van der Waals surface area contributed by atoms with Crippen LogP contribution in [0.25, 0.3) is 10.6 Å². The van der Waals surface area contributed by atoms with Gasteiger partial charge in [0.25, 0.3) is 11.3 Å². The summed E-state index contributed by atoms with van der Waals surface area (Å²) in [5.41, 5.74) is -0.0341. The number of nitrogens with zero attached hydrogens (tertiary/aromatic N) is 2. The molecule has 0 spiro atoms. The quantitative estimate of drug-likeness (QED) is 0.459. The fraction of sp³-hybridized carbons (Fsp3) is 0.300. The molecule has 1 saturated carbocycles. The molecule has 0 saturated heterocycles. The molecule has 2 heterocycles. The number of aliphatic carboxylic acids is 1. The number of halogens is 3. The fourth-order valence-corrected chi connectivity index (χ4v) is 5.90. The van der Waals surface area contributed by atoms with Gasteiger partial charge in [-0.2, -0.15) is 13.2 Å². The molecule has 1 aromatic carbocycles. The van der Waals surface area contributed by atoms with E-state index < -0.39 is 40.6 Å². The Morgan fingerprint density at radius 2 is 2.06 bits per heavy atom. The topological polar surface area (TPSA) is 104 Å². The third-order valence-electron chi connectivity index (χ3n) is 5.47. The molecule has 2 aromatic heterocycles. The van der Waals surface area contributed by atoms with Crippen LogP contribution in [0.1, 0.15) is 36.1 Å². The van der Waals surface area contributed by atoms with Crippen molar-refractivity contribution in [1.29, 1.82) is 0 Å². The van der Waals surface area contributed by atoms with E-state index in [0.29, 0.717) is 6.42 Å². The highest BCUT2D eigenvalue weighted by Crippen LogP contribution is 2.59. The van der Waals surface area contributed by atoms with Crippen molar-refractivity contribution in [2.45, 2.75) is 37.4 Å². The Morgan fingerprint density at radius 3 is 2.66 bits per heavy atom. The molecular formula is C20H17F3N2O5S2. The van der Waals surface area contributed by atoms with Gasteiger partial charge in [0.2, 0.25) is 5.76 Å². The van der Waals surface area contributed by atoms with Crippen molar-refractivity contribution in [3.63, 3.8) is 0 Å². The van der Waals surface area contributed by atoms with Gasteiger partial charge in [0, 0.05) is 12.0 Å². The predicted octanol–water partition coefficient (Wildman–Crippen LogP) is 4.94. The zero-order valence-corrected chi connectivity index (χ0v) is 18.1. The summed E-state index contributed by atoms with van der Waals surface area (Å²) in [6.45, 7) is 1.93. The van der Waals surface area contributed by atoms with Crippen molar-refractivity contribution in [2.24, 2.45) is 0 Å². The molecule has 32 heavy (non-hydrogen) atoms. The first kappa shape index (κ1) is 22.5. The average Bonchev–Trinajstić information content (AvgIpc) is 3.07. The normalized spacial score (nSPS) is 21.3. The van der Waals surface area contributed by atoms with Crippen LogP contribution in [-0.4, -0.2) is 30.5 Å². The minimum absolute atomic E-state index is 0.106. The Kier molecular flexibility index (Phi) is 5.63. The van der Waals surface area contributed by atoms with Crippen LogP contribution in [0.4, 0.5) is 18.2 Å². The second-order valence-corrected chi connectivity index (χ2v) is 9.16. The number of hydrogen-bond donors (Lipinski definition) is 2. The highest BCUT2D eigenvalue weighted by Gasteiger charge is 2.67. The van der Waals surface area contributed by atoms with Gasteiger partial charge in [0.15, 0.2) is 5.54 Å². The number of carboxylic acids is 1. The van der Waals surface area contributed by atoms with E-state index in [1.165, 1.54) is 12.1 Å². The highest BCUT2D eigenvalue weighted by molar-refractivity contribution is 7.81. The molecule has 0 amide bonds. The summed E-state index contributed by atoms with van der Waals surface area (Å²) in [5.74, 6) is -3.06. The standard InChI is InChI=1S/C20H17F3N2O5S2/c1-2-11-5-3-4-6-12(11)13-10-19(13,18(26)27)25(32(28)29)17-8-7-15(31-17)14-9-16(30-24-14)20(21,22)23/h3-9,13H,2,10H2,1H3,(H,26,27)(H,28,29). The lowest BCUT2D eigenvalue weighted by Gasteiger charge is -2.27. The Morgan fingerprint density at radius 1 is 1.34 bits per heavy atom. The lowest BCUT2D eigenvalue weighted by atomic mass is 9.98. The van der Waals surface area contributed by atoms with E-state index in [0.717, 1.165) is 32.8 Å². The van der Waals surface area contributed by atoms with Gasteiger partial charge in [-0.3, -0.25) is 4.55 Å². The van der Waals surface area contributed by atoms with Gasteiger partial charge < -0.3 is 9.63 Å². The SMILES string of the molecule is CCc1ccccc1C1CC1(C(=O)O)N(c1ccc(-c2cc(C(F)(F)F)on2)s1)S(=O)O. The summed E-state index contributed by atoms with van der Waals surface area (Å²) in [6.07, 6.45) is -3.92. The second kappa shape index (κ2) is 8.01. The van der Waals surface area contributed by atoms with Gasteiger partial charge in [-0.05, 0) is 36.1 Å². The Balaban J connectivity index is 1.72. The summed E-state index contributed by atoms with van der Waals surface area (Å²) in [7, 11) is 0. The second-order valence-electron chi connectivity index (χ2n) is 7.28. The molecule has 7 nitrogen and oxygen atoms in total. The molecule has 4 rings (SSSR count). The maximum absolute atomic E-state index is 12.8. The van der Waals surface area contributed by atoms with Crippen LogP contribution in [-0.2, 0) is 28.7 Å². The third-order valence-corrected chi connectivity index (χ3v) is 7.51. The van der Waals surface area contributed by atoms with E-state index >= 15 is 0 Å². The summed E-state index contributed by atoms with van der Waals surface area (Å²) < 4.78 is 66.0. The van der Waals surface area contributed by atoms with Crippen LogP contribution < -0.4 is 4.31 Å². The maximum Gasteiger partial charge on any atom is 0.452 e. The fourth-order valence-electron chi connectivity index (χ4n) is 3.88. The highest BCUT2D eigenvalue weighted by atomic mass is 32.2. The minimum Gasteiger partial charge on any atom is -0.479 e. The van der Waals surface area contributed by atoms with Crippen LogP contribution in [0.5, 0.6) is 0 Å². The van der Waals surface area contributed by atoms with Crippen molar-refractivity contribution in [3.8, 4) is 10.6 Å². The lowest BCUT2D eigenvalue weighted by Crippen LogP contribution is -2.46. The van der Waals surface area contributed by atoms with E-state index in [9.17, 15) is 31.8 Å². The van der Waals surface area contributed by atoms with Crippen LogP contribution >= 0.6 is 11.3 Å². The summed E-state index contributed by atoms with van der Waals surface area (Å²) in [6, 6.07) is 10.8. The summed E-state index contributed by atoms with van der Waals surface area (Å²) in [5, 5.41) is 13.6. The number of aromatic nitrogens is 1. The van der Waals surface area contributed by atoms with Gasteiger partial charge in [-0.25, -0.2) is 13.3 Å². The van der Waals surface area contributed by atoms with Gasteiger partial charge in [0.05, 0.1) is 4.88 Å². The Labute approximate surface area is 186 Å². The summed E-state index contributed by atoms with van der Waals surface area (Å²) >= 11 is -1.84. The number of thiophene rings is 1. The Bertz CT molecular complexity index is 1190. The monoisotopic (exact) mass is 486 g/mol. The van der Waals surface area contributed by atoms with Gasteiger partial charge >= 0.3 is 12.1 Å². The van der Waals surface area contributed by atoms with Crippen molar-refractivity contribution < 1.29 is 36.4 Å². The molecule has 0 bridgehead atoms. The first-order chi connectivity index (χ1) is 15.1. The number of rotatable bonds is 7. The third kappa shape index (κ3) is 3.71. The van der Waals surface area contributed by atoms with Crippen LogP contribution in [0, 0.1) is 0 Å². The Hall–Kier alpha value is -2.70. The number of anilines is 1. The molecule has 2 N–H and O–H groups in total. The molecule has 1 aliphatic carbocycles. The van der Waals surface area contributed by atoms with Crippen LogP contribution in [0.2, 0.25) is 0 Å². The first-order valence-corrected chi connectivity index (χ1v) is 11.3. The van der Waals surface area contributed by atoms with E-state index in [4.69, 9.17) is 0 Å². The largest absolute Gasteiger partial charge is 0.479 e. The van der Waals surface area contributed by atoms with Crippen molar-refractivity contribution in [1.82, 2.24) is 5.16 Å². The molecule has 3 atom stereocenters. The molecule has 1 fully saturated rings. The number of carboxylic acid groups (broad SMARTS) is 1. The zero-order valence-electron chi connectivity index (χ0n) is 16.5. The maximum atomic E-state index is 12.8. The molecule has 170 valence electrons. The van der Waals surface area contributed by atoms with Crippen molar-refractivity contribution >= 4 is 33.6 Å². The molecule has 12 heteroatoms. The van der Waals surface area contributed by atoms with Gasteiger partial charge in [0.1, 0.15) is 10.7 Å². The molecule has 3 unspecified atom stereocenters. The first-order valence-electron chi connectivity index (χ1n) is 9.46. The predicted molar refractivity (Wildman–Crippen MR) is 112 cm³/mol. The van der Waals surface area contributed by atoms with E-state index in [-0.39, 0.29) is 22.0 Å². The zero-order chi connectivity index (χ0) is 23.3. The number of alkyl halides is 3. The van der Waals surface area contributed by atoms with E-state index in [1.807, 2.05) is 19.1 Å². The molecule has 1 aliphatic rings. The molecule has 3 aromatic rings. The smallest absolute Gasteiger partial charge is 0.452 e. The number of benzene rings is 1. The average molecular weight is 486 g/mol. The number of carbonyl (C=O) groups is 1. The van der Waals surface area contributed by atoms with Crippen molar-refractivity contribution in [3.05, 3.63) is 59.4 Å². The van der Waals surface area contributed by atoms with Crippen LogP contribution in [0.3, 0.4) is 0 Å². The molecule has 0 aliphatic heterocycles. The lowest BCUT2D eigenvalue weighted by molar-refractivity contribution is -0.155. The van der Waals surface area contributed by atoms with Crippen molar-refractivity contribution in [2.75, 3.05) is 4.31 Å². The van der Waals surface area contributed by atoms with E-state index in [2.05, 4.69) is 9.68 Å². The van der Waals surface area contributed by atoms with Gasteiger partial charge in [-0.1, -0.05) is 36.3 Å². The summed E-state index contributed by atoms with van der Waals surface area (Å²) in [4.78, 5) is 12.6. The molecular weight excluding hydrogens is 469 g/mol. The van der Waals surface area contributed by atoms with Crippen LogP contribution in [0.15, 0.2) is 47.0 Å². The van der Waals surface area contributed by atoms with E-state index in [1.54, 1.807) is 12.1 Å². The molecule has 0 radical (unpaired) electrons. The minimum atomic E-state index is -4.70. The number of hydrogen-bond acceptors (Lipinski definition) is 5.